The van der Waals surface area contributed by atoms with Gasteiger partial charge < -0.3 is 24.5 Å². The van der Waals surface area contributed by atoms with Crippen LogP contribution in [-0.4, -0.2) is 43.2 Å². The lowest BCUT2D eigenvalue weighted by atomic mass is 10.1. The molecule has 2 N–H and O–H groups in total. The maximum atomic E-state index is 12.2. The van der Waals surface area contributed by atoms with Crippen LogP contribution in [0, 0.1) is 0 Å². The van der Waals surface area contributed by atoms with Crippen molar-refractivity contribution < 1.29 is 23.8 Å². The van der Waals surface area contributed by atoms with E-state index in [9.17, 15) is 9.59 Å². The molecule has 0 unspecified atom stereocenters. The van der Waals surface area contributed by atoms with Crippen molar-refractivity contribution in [2.45, 2.75) is 6.42 Å². The molecule has 1 aromatic heterocycles. The van der Waals surface area contributed by atoms with Crippen LogP contribution in [0.15, 0.2) is 42.6 Å². The van der Waals surface area contributed by atoms with Crippen molar-refractivity contribution in [1.82, 2.24) is 10.3 Å². The van der Waals surface area contributed by atoms with E-state index in [0.29, 0.717) is 37.7 Å². The maximum Gasteiger partial charge on any atom is 0.338 e. The molecule has 1 aliphatic heterocycles. The van der Waals surface area contributed by atoms with Gasteiger partial charge in [0, 0.05) is 23.6 Å². The highest BCUT2D eigenvalue weighted by molar-refractivity contribution is 6.32. The summed E-state index contributed by atoms with van der Waals surface area (Å²) >= 11 is 6.12. The number of benzene rings is 2. The summed E-state index contributed by atoms with van der Waals surface area (Å²) in [5, 5.41) is 4.14. The Morgan fingerprint density at radius 1 is 1.17 bits per heavy atom. The van der Waals surface area contributed by atoms with E-state index in [-0.39, 0.29) is 23.1 Å². The molecule has 0 fully saturated rings. The Bertz CT molecular complexity index is 1060. The number of carbonyl (C=O) groups excluding carboxylic acids is 2. The SMILES string of the molecule is O=C(COC(=O)c1cc(Cl)c2c(c1)OCCO2)NCCc1c[nH]c2ccccc12. The van der Waals surface area contributed by atoms with Crippen LogP contribution in [0.4, 0.5) is 0 Å². The van der Waals surface area contributed by atoms with Gasteiger partial charge in [0.1, 0.15) is 13.2 Å². The predicted molar refractivity (Wildman–Crippen MR) is 108 cm³/mol. The van der Waals surface area contributed by atoms with E-state index in [1.165, 1.54) is 12.1 Å². The van der Waals surface area contributed by atoms with Gasteiger partial charge in [0.05, 0.1) is 10.6 Å². The highest BCUT2D eigenvalue weighted by Crippen LogP contribution is 2.38. The van der Waals surface area contributed by atoms with Crippen LogP contribution in [0.25, 0.3) is 10.9 Å². The third-order valence-corrected chi connectivity index (χ3v) is 4.84. The van der Waals surface area contributed by atoms with Gasteiger partial charge >= 0.3 is 5.97 Å². The first-order chi connectivity index (χ1) is 14.1. The van der Waals surface area contributed by atoms with Gasteiger partial charge in [-0.1, -0.05) is 29.8 Å². The number of carbonyl (C=O) groups is 2. The Morgan fingerprint density at radius 2 is 2.00 bits per heavy atom. The summed E-state index contributed by atoms with van der Waals surface area (Å²) in [6.45, 7) is 0.836. The van der Waals surface area contributed by atoms with Crippen LogP contribution in [0.1, 0.15) is 15.9 Å². The summed E-state index contributed by atoms with van der Waals surface area (Å²) in [5.41, 5.74) is 2.37. The summed E-state index contributed by atoms with van der Waals surface area (Å²) < 4.78 is 15.9. The smallest absolute Gasteiger partial charge is 0.338 e. The van der Waals surface area contributed by atoms with Crippen molar-refractivity contribution >= 4 is 34.4 Å². The number of fused-ring (bicyclic) bond motifs is 2. The lowest BCUT2D eigenvalue weighted by Gasteiger charge is -2.19. The Labute approximate surface area is 171 Å². The van der Waals surface area contributed by atoms with Crippen LogP contribution in [0.3, 0.4) is 0 Å². The standard InChI is InChI=1S/C21H19ClN2O5/c22-16-9-14(10-18-20(16)28-8-7-27-18)21(26)29-12-19(25)23-6-5-13-11-24-17-4-2-1-3-15(13)17/h1-4,9-11,24H,5-8,12H2,(H,23,25). The average Bonchev–Trinajstić information content (AvgIpc) is 3.15. The van der Waals surface area contributed by atoms with Crippen molar-refractivity contribution in [2.24, 2.45) is 0 Å². The molecule has 8 heteroatoms. The molecule has 0 saturated carbocycles. The zero-order valence-corrected chi connectivity index (χ0v) is 16.3. The fourth-order valence-electron chi connectivity index (χ4n) is 3.17. The minimum Gasteiger partial charge on any atom is -0.486 e. The summed E-state index contributed by atoms with van der Waals surface area (Å²) in [7, 11) is 0. The molecular formula is C21H19ClN2O5. The molecule has 2 aromatic carbocycles. The monoisotopic (exact) mass is 414 g/mol. The number of nitrogens with one attached hydrogen (secondary N) is 2. The van der Waals surface area contributed by atoms with Gasteiger partial charge in [0.15, 0.2) is 18.1 Å². The molecule has 1 aliphatic rings. The number of halogens is 1. The van der Waals surface area contributed by atoms with Crippen LogP contribution in [-0.2, 0) is 16.0 Å². The van der Waals surface area contributed by atoms with Crippen LogP contribution in [0.2, 0.25) is 5.02 Å². The third kappa shape index (κ3) is 4.30. The fraction of sp³-hybridized carbons (Fsp3) is 0.238. The number of esters is 1. The van der Waals surface area contributed by atoms with E-state index >= 15 is 0 Å². The molecule has 3 aromatic rings. The van der Waals surface area contributed by atoms with Crippen molar-refractivity contribution in [3.05, 3.63) is 58.7 Å². The number of H-pyrrole nitrogens is 1. The van der Waals surface area contributed by atoms with Crippen LogP contribution >= 0.6 is 11.6 Å². The van der Waals surface area contributed by atoms with Crippen molar-refractivity contribution in [2.75, 3.05) is 26.4 Å². The molecule has 0 atom stereocenters. The first kappa shape index (κ1) is 19.1. The topological polar surface area (TPSA) is 89.7 Å². The zero-order valence-electron chi connectivity index (χ0n) is 15.5. The number of amides is 1. The summed E-state index contributed by atoms with van der Waals surface area (Å²) in [4.78, 5) is 27.4. The Balaban J connectivity index is 1.27. The van der Waals surface area contributed by atoms with Gasteiger partial charge in [0.2, 0.25) is 0 Å². The molecule has 150 valence electrons. The number of aromatic amines is 1. The van der Waals surface area contributed by atoms with Gasteiger partial charge in [-0.2, -0.15) is 0 Å². The number of hydrogen-bond donors (Lipinski definition) is 2. The van der Waals surface area contributed by atoms with E-state index in [0.717, 1.165) is 16.5 Å². The lowest BCUT2D eigenvalue weighted by Crippen LogP contribution is -2.30. The van der Waals surface area contributed by atoms with E-state index in [1.807, 2.05) is 30.5 Å². The van der Waals surface area contributed by atoms with Gasteiger partial charge in [-0.05, 0) is 30.2 Å². The molecule has 4 rings (SSSR count). The second kappa shape index (κ2) is 8.45. The molecule has 0 aliphatic carbocycles. The molecule has 0 spiro atoms. The number of rotatable bonds is 6. The zero-order chi connectivity index (χ0) is 20.2. The van der Waals surface area contributed by atoms with Gasteiger partial charge in [-0.15, -0.1) is 0 Å². The Morgan fingerprint density at radius 3 is 2.90 bits per heavy atom. The van der Waals surface area contributed by atoms with E-state index in [4.69, 9.17) is 25.8 Å². The van der Waals surface area contributed by atoms with Crippen molar-refractivity contribution in [3.63, 3.8) is 0 Å². The highest BCUT2D eigenvalue weighted by atomic mass is 35.5. The van der Waals surface area contributed by atoms with Crippen molar-refractivity contribution in [1.29, 1.82) is 0 Å². The predicted octanol–water partition coefficient (Wildman–Crippen LogP) is 3.11. The summed E-state index contributed by atoms with van der Waals surface area (Å²) in [6, 6.07) is 10.9. The van der Waals surface area contributed by atoms with E-state index in [1.54, 1.807) is 0 Å². The normalized spacial score (nSPS) is 12.6. The highest BCUT2D eigenvalue weighted by Gasteiger charge is 2.20. The second-order valence-corrected chi connectivity index (χ2v) is 6.93. The van der Waals surface area contributed by atoms with Crippen LogP contribution in [0.5, 0.6) is 11.5 Å². The van der Waals surface area contributed by atoms with Crippen molar-refractivity contribution in [3.8, 4) is 11.5 Å². The largest absolute Gasteiger partial charge is 0.486 e. The molecular weight excluding hydrogens is 396 g/mol. The summed E-state index contributed by atoms with van der Waals surface area (Å²) in [6.07, 6.45) is 2.60. The van der Waals surface area contributed by atoms with Gasteiger partial charge in [-0.25, -0.2) is 4.79 Å². The van der Waals surface area contributed by atoms with Crippen LogP contribution < -0.4 is 14.8 Å². The van der Waals surface area contributed by atoms with Gasteiger partial charge in [0.25, 0.3) is 5.91 Å². The lowest BCUT2D eigenvalue weighted by molar-refractivity contribution is -0.124. The molecule has 0 bridgehead atoms. The Hall–Kier alpha value is -3.19. The molecule has 29 heavy (non-hydrogen) atoms. The van der Waals surface area contributed by atoms with Gasteiger partial charge in [-0.3, -0.25) is 4.79 Å². The Kier molecular flexibility index (Phi) is 5.57. The minimum atomic E-state index is -0.657. The van der Waals surface area contributed by atoms with E-state index in [2.05, 4.69) is 10.3 Å². The minimum absolute atomic E-state index is 0.200. The molecule has 1 amide bonds. The molecule has 0 saturated heterocycles. The fourth-order valence-corrected chi connectivity index (χ4v) is 3.43. The maximum absolute atomic E-state index is 12.2. The molecule has 2 heterocycles. The molecule has 0 radical (unpaired) electrons. The summed E-state index contributed by atoms with van der Waals surface area (Å²) in [5.74, 6) is -0.235. The number of hydrogen-bond acceptors (Lipinski definition) is 5. The number of aromatic nitrogens is 1. The third-order valence-electron chi connectivity index (χ3n) is 4.56. The quantitative estimate of drug-likeness (QED) is 0.605. The number of ether oxygens (including phenoxy) is 3. The molecule has 7 nitrogen and oxygen atoms in total. The number of para-hydroxylation sites is 1. The average molecular weight is 415 g/mol. The van der Waals surface area contributed by atoms with E-state index < -0.39 is 5.97 Å². The first-order valence-corrected chi connectivity index (χ1v) is 9.57. The first-order valence-electron chi connectivity index (χ1n) is 9.20. The second-order valence-electron chi connectivity index (χ2n) is 6.52.